The fourth-order valence-electron chi connectivity index (χ4n) is 1.62. The monoisotopic (exact) mass is 268 g/mol. The molecular formula is C10H16N6OS. The molecule has 1 unspecified atom stereocenters. The quantitative estimate of drug-likeness (QED) is 0.852. The second-order valence-corrected chi connectivity index (χ2v) is 4.60. The zero-order chi connectivity index (χ0) is 13.1. The highest BCUT2D eigenvalue weighted by Crippen LogP contribution is 2.36. The number of nitrogen functional groups attached to an aromatic ring is 1. The molecule has 2 rings (SSSR count). The van der Waals surface area contributed by atoms with Gasteiger partial charge in [0.05, 0.1) is 12.6 Å². The largest absolute Gasteiger partial charge is 0.487 e. The van der Waals surface area contributed by atoms with E-state index in [9.17, 15) is 0 Å². The van der Waals surface area contributed by atoms with Crippen molar-refractivity contribution in [2.24, 2.45) is 7.05 Å². The molecule has 0 bridgehead atoms. The summed E-state index contributed by atoms with van der Waals surface area (Å²) in [6, 6.07) is -0.00319. The average Bonchev–Trinajstić information content (AvgIpc) is 2.89. The van der Waals surface area contributed by atoms with Crippen molar-refractivity contribution in [2.45, 2.75) is 19.9 Å². The van der Waals surface area contributed by atoms with Crippen LogP contribution < -0.4 is 15.8 Å². The Kier molecular flexibility index (Phi) is 3.66. The Morgan fingerprint density at radius 3 is 3.00 bits per heavy atom. The van der Waals surface area contributed by atoms with E-state index >= 15 is 0 Å². The maximum Gasteiger partial charge on any atom is 0.197 e. The van der Waals surface area contributed by atoms with E-state index in [1.807, 2.05) is 25.5 Å². The number of nitrogens with two attached hydrogens (primary N) is 1. The van der Waals surface area contributed by atoms with E-state index in [0.717, 1.165) is 10.8 Å². The van der Waals surface area contributed by atoms with Crippen LogP contribution in [0.4, 0.5) is 10.8 Å². The van der Waals surface area contributed by atoms with Crippen molar-refractivity contribution in [3.8, 4) is 5.75 Å². The van der Waals surface area contributed by atoms with Crippen molar-refractivity contribution in [1.29, 1.82) is 0 Å². The summed E-state index contributed by atoms with van der Waals surface area (Å²) in [7, 11) is 1.90. The Labute approximate surface area is 109 Å². The lowest BCUT2D eigenvalue weighted by Gasteiger charge is -2.13. The van der Waals surface area contributed by atoms with Gasteiger partial charge in [0.25, 0.3) is 0 Å². The van der Waals surface area contributed by atoms with Crippen LogP contribution in [-0.2, 0) is 7.05 Å². The molecule has 2 heterocycles. The molecule has 0 spiro atoms. The molecule has 0 radical (unpaired) electrons. The summed E-state index contributed by atoms with van der Waals surface area (Å²) in [6.45, 7) is 4.46. The van der Waals surface area contributed by atoms with Gasteiger partial charge in [-0.2, -0.15) is 4.37 Å². The van der Waals surface area contributed by atoms with Crippen LogP contribution in [0, 0.1) is 0 Å². The van der Waals surface area contributed by atoms with E-state index < -0.39 is 0 Å². The van der Waals surface area contributed by atoms with Gasteiger partial charge in [0.2, 0.25) is 0 Å². The fourth-order valence-corrected chi connectivity index (χ4v) is 2.36. The summed E-state index contributed by atoms with van der Waals surface area (Å²) in [5, 5.41) is 12.0. The summed E-state index contributed by atoms with van der Waals surface area (Å²) in [5.41, 5.74) is 5.75. The molecule has 18 heavy (non-hydrogen) atoms. The lowest BCUT2D eigenvalue weighted by molar-refractivity contribution is 0.344. The van der Waals surface area contributed by atoms with Gasteiger partial charge in [-0.25, -0.2) is 0 Å². The summed E-state index contributed by atoms with van der Waals surface area (Å²) < 4.78 is 11.4. The van der Waals surface area contributed by atoms with Crippen LogP contribution in [0.1, 0.15) is 25.7 Å². The van der Waals surface area contributed by atoms with Crippen LogP contribution in [0.25, 0.3) is 0 Å². The molecule has 0 aliphatic rings. The van der Waals surface area contributed by atoms with Crippen molar-refractivity contribution in [3.05, 3.63) is 12.2 Å². The van der Waals surface area contributed by atoms with E-state index in [4.69, 9.17) is 10.5 Å². The molecule has 0 saturated carbocycles. The second kappa shape index (κ2) is 5.21. The Morgan fingerprint density at radius 2 is 2.39 bits per heavy atom. The molecule has 0 fully saturated rings. The number of hydrogen-bond acceptors (Lipinski definition) is 7. The van der Waals surface area contributed by atoms with Crippen molar-refractivity contribution < 1.29 is 4.74 Å². The number of ether oxygens (including phenoxy) is 1. The highest BCUT2D eigenvalue weighted by Gasteiger charge is 2.17. The van der Waals surface area contributed by atoms with E-state index in [1.54, 1.807) is 6.33 Å². The molecular weight excluding hydrogens is 252 g/mol. The fraction of sp³-hybridized carbons (Fsp3) is 0.500. The lowest BCUT2D eigenvalue weighted by Crippen LogP contribution is -2.12. The smallest absolute Gasteiger partial charge is 0.197 e. The maximum atomic E-state index is 5.75. The first kappa shape index (κ1) is 12.6. The molecule has 0 aliphatic heterocycles. The number of hydrogen-bond donors (Lipinski definition) is 2. The topological polar surface area (TPSA) is 90.9 Å². The van der Waals surface area contributed by atoms with Gasteiger partial charge in [0.1, 0.15) is 6.33 Å². The van der Waals surface area contributed by atoms with Gasteiger partial charge < -0.3 is 20.4 Å². The Bertz CT molecular complexity index is 522. The van der Waals surface area contributed by atoms with Crippen LogP contribution in [0.3, 0.4) is 0 Å². The number of anilines is 2. The van der Waals surface area contributed by atoms with Crippen molar-refractivity contribution in [3.63, 3.8) is 0 Å². The molecule has 8 heteroatoms. The number of nitrogens with one attached hydrogen (secondary N) is 1. The molecule has 98 valence electrons. The summed E-state index contributed by atoms with van der Waals surface area (Å²) in [4.78, 5) is 0. The molecule has 1 atom stereocenters. The first-order valence-electron chi connectivity index (χ1n) is 5.61. The number of rotatable bonds is 5. The molecule has 0 saturated heterocycles. The highest BCUT2D eigenvalue weighted by molar-refractivity contribution is 7.11. The molecule has 0 aromatic carbocycles. The predicted molar refractivity (Wildman–Crippen MR) is 70.7 cm³/mol. The minimum Gasteiger partial charge on any atom is -0.487 e. The Morgan fingerprint density at radius 1 is 1.61 bits per heavy atom. The van der Waals surface area contributed by atoms with Crippen LogP contribution in [0.15, 0.2) is 6.33 Å². The molecule has 0 aliphatic carbocycles. The third-order valence-corrected chi connectivity index (χ3v) is 3.22. The van der Waals surface area contributed by atoms with Crippen LogP contribution >= 0.6 is 11.5 Å². The zero-order valence-corrected chi connectivity index (χ0v) is 11.4. The van der Waals surface area contributed by atoms with Gasteiger partial charge in [-0.3, -0.25) is 0 Å². The van der Waals surface area contributed by atoms with Gasteiger partial charge in [-0.05, 0) is 25.4 Å². The standard InChI is InChI=1S/C10H16N6OS/c1-4-17-7-8(11)15-18-10(7)13-6(2)9-14-12-5-16(9)3/h5-6,13H,4H2,1-3H3,(H2,11,15). The number of aromatic nitrogens is 4. The molecule has 7 nitrogen and oxygen atoms in total. The minimum absolute atomic E-state index is 0.00319. The van der Waals surface area contributed by atoms with E-state index in [0.29, 0.717) is 18.2 Å². The number of aryl methyl sites for hydroxylation is 1. The van der Waals surface area contributed by atoms with Gasteiger partial charge in [0.15, 0.2) is 22.4 Å². The molecule has 2 aromatic heterocycles. The first-order chi connectivity index (χ1) is 8.63. The van der Waals surface area contributed by atoms with Crippen molar-refractivity contribution in [2.75, 3.05) is 17.7 Å². The zero-order valence-electron chi connectivity index (χ0n) is 10.5. The molecule has 2 aromatic rings. The van der Waals surface area contributed by atoms with Crippen molar-refractivity contribution in [1.82, 2.24) is 19.1 Å². The summed E-state index contributed by atoms with van der Waals surface area (Å²) in [5.74, 6) is 1.86. The minimum atomic E-state index is -0.00319. The summed E-state index contributed by atoms with van der Waals surface area (Å²) >= 11 is 1.28. The molecule has 3 N–H and O–H groups in total. The predicted octanol–water partition coefficient (Wildman–Crippen LogP) is 1.43. The van der Waals surface area contributed by atoms with E-state index in [1.165, 1.54) is 11.5 Å². The normalized spacial score (nSPS) is 12.4. The van der Waals surface area contributed by atoms with Gasteiger partial charge in [0, 0.05) is 7.05 Å². The average molecular weight is 268 g/mol. The summed E-state index contributed by atoms with van der Waals surface area (Å²) in [6.07, 6.45) is 1.66. The van der Waals surface area contributed by atoms with Crippen molar-refractivity contribution >= 4 is 22.4 Å². The maximum absolute atomic E-state index is 5.75. The van der Waals surface area contributed by atoms with E-state index in [-0.39, 0.29) is 6.04 Å². The van der Waals surface area contributed by atoms with Crippen LogP contribution in [-0.4, -0.2) is 25.7 Å². The van der Waals surface area contributed by atoms with Gasteiger partial charge >= 0.3 is 0 Å². The number of nitrogens with zero attached hydrogens (tertiary/aromatic N) is 4. The Hall–Kier alpha value is -1.83. The highest BCUT2D eigenvalue weighted by atomic mass is 32.1. The SMILES string of the molecule is CCOc1c(N)nsc1NC(C)c1nncn1C. The third-order valence-electron chi connectivity index (χ3n) is 2.44. The molecule has 0 amide bonds. The van der Waals surface area contributed by atoms with Crippen LogP contribution in [0.5, 0.6) is 5.75 Å². The Balaban J connectivity index is 2.17. The second-order valence-electron chi connectivity index (χ2n) is 3.83. The van der Waals surface area contributed by atoms with E-state index in [2.05, 4.69) is 19.9 Å². The van der Waals surface area contributed by atoms with Crippen LogP contribution in [0.2, 0.25) is 0 Å². The third kappa shape index (κ3) is 2.37. The first-order valence-corrected chi connectivity index (χ1v) is 6.39. The van der Waals surface area contributed by atoms with Gasteiger partial charge in [-0.1, -0.05) is 0 Å². The van der Waals surface area contributed by atoms with Gasteiger partial charge in [-0.15, -0.1) is 10.2 Å². The lowest BCUT2D eigenvalue weighted by atomic mass is 10.3.